The van der Waals surface area contributed by atoms with Crippen LogP contribution in [0.1, 0.15) is 6.92 Å². The number of thioether (sulfide) groups is 1. The highest BCUT2D eigenvalue weighted by Crippen LogP contribution is 2.26. The van der Waals surface area contributed by atoms with Crippen molar-refractivity contribution >= 4 is 44.9 Å². The molecule has 4 aromatic rings. The Kier molecular flexibility index (Phi) is 5.87. The van der Waals surface area contributed by atoms with Gasteiger partial charge in [0.2, 0.25) is 5.91 Å². The van der Waals surface area contributed by atoms with Crippen LogP contribution >= 0.6 is 23.1 Å². The average Bonchev–Trinajstić information content (AvgIpc) is 3.22. The first-order valence-corrected chi connectivity index (χ1v) is 11.0. The van der Waals surface area contributed by atoms with Crippen molar-refractivity contribution in [3.05, 3.63) is 76.4 Å². The summed E-state index contributed by atoms with van der Waals surface area (Å²) in [5, 5.41) is 4.82. The van der Waals surface area contributed by atoms with Crippen LogP contribution in [0.5, 0.6) is 11.5 Å². The van der Waals surface area contributed by atoms with E-state index in [4.69, 9.17) is 4.74 Å². The van der Waals surface area contributed by atoms with Gasteiger partial charge < -0.3 is 10.1 Å². The molecule has 0 saturated heterocycles. The lowest BCUT2D eigenvalue weighted by molar-refractivity contribution is -0.115. The van der Waals surface area contributed by atoms with Crippen LogP contribution in [-0.4, -0.2) is 20.7 Å². The molecule has 6 nitrogen and oxygen atoms in total. The highest BCUT2D eigenvalue weighted by molar-refractivity contribution is 8.00. The number of thiophene rings is 1. The van der Waals surface area contributed by atoms with Crippen LogP contribution in [0, 0.1) is 0 Å². The number of anilines is 1. The molecule has 0 aliphatic rings. The van der Waals surface area contributed by atoms with E-state index in [9.17, 15) is 9.59 Å². The number of amides is 1. The Bertz CT molecular complexity index is 1230. The fourth-order valence-corrected chi connectivity index (χ4v) is 4.44. The number of nitrogens with zero attached hydrogens (tertiary/aromatic N) is 2. The van der Waals surface area contributed by atoms with Gasteiger partial charge in [-0.3, -0.25) is 14.2 Å². The number of hydrogen-bond donors (Lipinski definition) is 1. The predicted octanol–water partition coefficient (Wildman–Crippen LogP) is 4.91. The summed E-state index contributed by atoms with van der Waals surface area (Å²) in [5.41, 5.74) is 1.23. The summed E-state index contributed by atoms with van der Waals surface area (Å²) in [6, 6.07) is 18.5. The van der Waals surface area contributed by atoms with E-state index in [1.54, 1.807) is 38.2 Å². The molecule has 2 aromatic heterocycles. The van der Waals surface area contributed by atoms with Crippen molar-refractivity contribution in [1.82, 2.24) is 9.55 Å². The maximum Gasteiger partial charge on any atom is 0.271 e. The minimum absolute atomic E-state index is 0.0980. The van der Waals surface area contributed by atoms with Crippen molar-refractivity contribution in [3.8, 4) is 11.5 Å². The lowest BCUT2D eigenvalue weighted by Gasteiger charge is -2.14. The first kappa shape index (κ1) is 20.2. The minimum atomic E-state index is -0.431. The molecule has 0 fully saturated rings. The average molecular weight is 438 g/mol. The first-order valence-electron chi connectivity index (χ1n) is 9.26. The number of hydrogen-bond acceptors (Lipinski definition) is 6. The molecule has 0 radical (unpaired) electrons. The van der Waals surface area contributed by atoms with Crippen molar-refractivity contribution in [1.29, 1.82) is 0 Å². The van der Waals surface area contributed by atoms with Crippen molar-refractivity contribution in [2.24, 2.45) is 7.05 Å². The second kappa shape index (κ2) is 8.73. The highest BCUT2D eigenvalue weighted by Gasteiger charge is 2.19. The predicted molar refractivity (Wildman–Crippen MR) is 122 cm³/mol. The van der Waals surface area contributed by atoms with E-state index in [0.717, 1.165) is 5.75 Å². The van der Waals surface area contributed by atoms with E-state index in [2.05, 4.69) is 10.3 Å². The maximum absolute atomic E-state index is 12.6. The van der Waals surface area contributed by atoms with Gasteiger partial charge in [0.05, 0.1) is 10.8 Å². The lowest BCUT2D eigenvalue weighted by atomic mass is 10.3. The first-order chi connectivity index (χ1) is 14.5. The Morgan fingerprint density at radius 3 is 2.53 bits per heavy atom. The van der Waals surface area contributed by atoms with Crippen LogP contribution in [0.15, 0.2) is 76.0 Å². The molecule has 1 atom stereocenters. The molecule has 152 valence electrons. The molecule has 2 heterocycles. The summed E-state index contributed by atoms with van der Waals surface area (Å²) < 4.78 is 7.87. The number of carbonyl (C=O) groups is 1. The molecule has 1 amide bonds. The SMILES string of the molecule is CC(Sc1nc2ccsc2c(=O)n1C)C(=O)Nc1ccc(Oc2ccccc2)cc1. The van der Waals surface area contributed by atoms with E-state index < -0.39 is 5.25 Å². The van der Waals surface area contributed by atoms with Gasteiger partial charge >= 0.3 is 0 Å². The summed E-state index contributed by atoms with van der Waals surface area (Å²) in [6.07, 6.45) is 0. The monoisotopic (exact) mass is 437 g/mol. The quantitative estimate of drug-likeness (QED) is 0.343. The zero-order valence-corrected chi connectivity index (χ0v) is 18.0. The van der Waals surface area contributed by atoms with Crippen LogP contribution in [0.25, 0.3) is 10.2 Å². The van der Waals surface area contributed by atoms with Gasteiger partial charge in [-0.15, -0.1) is 11.3 Å². The van der Waals surface area contributed by atoms with Gasteiger partial charge in [-0.1, -0.05) is 30.0 Å². The van der Waals surface area contributed by atoms with Gasteiger partial charge in [-0.05, 0) is 54.8 Å². The van der Waals surface area contributed by atoms with Crippen LogP contribution in [0.3, 0.4) is 0 Å². The molecular formula is C22H19N3O3S2. The summed E-state index contributed by atoms with van der Waals surface area (Å²) in [6.45, 7) is 1.79. The number of carbonyl (C=O) groups excluding carboxylic acids is 1. The van der Waals surface area contributed by atoms with Gasteiger partial charge in [-0.2, -0.15) is 0 Å². The molecule has 8 heteroatoms. The van der Waals surface area contributed by atoms with Gasteiger partial charge in [0.25, 0.3) is 5.56 Å². The normalized spacial score (nSPS) is 11.9. The molecule has 1 unspecified atom stereocenters. The molecule has 0 aliphatic carbocycles. The van der Waals surface area contributed by atoms with E-state index in [0.29, 0.717) is 26.8 Å². The fourth-order valence-electron chi connectivity index (χ4n) is 2.76. The third-order valence-corrected chi connectivity index (χ3v) is 6.43. The molecule has 2 aromatic carbocycles. The fraction of sp³-hybridized carbons (Fsp3) is 0.136. The van der Waals surface area contributed by atoms with Gasteiger partial charge in [0.1, 0.15) is 16.2 Å². The summed E-state index contributed by atoms with van der Waals surface area (Å²) in [4.78, 5) is 29.6. The topological polar surface area (TPSA) is 73.2 Å². The Balaban J connectivity index is 1.41. The maximum atomic E-state index is 12.6. The standard InChI is InChI=1S/C22H19N3O3S2/c1-14(30-22-24-18-12-13-29-19(18)21(27)25(22)2)20(26)23-15-8-10-17(11-9-15)28-16-6-4-3-5-7-16/h3-14H,1-2H3,(H,23,26). The number of ether oxygens (including phenoxy) is 1. The second-order valence-corrected chi connectivity index (χ2v) is 8.81. The number of nitrogens with one attached hydrogen (secondary N) is 1. The second-order valence-electron chi connectivity index (χ2n) is 6.58. The Labute approximate surface area is 181 Å². The number of fused-ring (bicyclic) bond motifs is 1. The Morgan fingerprint density at radius 1 is 1.10 bits per heavy atom. The zero-order valence-electron chi connectivity index (χ0n) is 16.4. The van der Waals surface area contributed by atoms with Crippen molar-refractivity contribution in [2.45, 2.75) is 17.3 Å². The molecule has 0 bridgehead atoms. The molecular weight excluding hydrogens is 418 g/mol. The van der Waals surface area contributed by atoms with E-state index in [-0.39, 0.29) is 11.5 Å². The third-order valence-electron chi connectivity index (χ3n) is 4.40. The van der Waals surface area contributed by atoms with Crippen LogP contribution in [-0.2, 0) is 11.8 Å². The van der Waals surface area contributed by atoms with Gasteiger partial charge in [-0.25, -0.2) is 4.98 Å². The zero-order chi connectivity index (χ0) is 21.1. The van der Waals surface area contributed by atoms with Crippen molar-refractivity contribution in [3.63, 3.8) is 0 Å². The van der Waals surface area contributed by atoms with Gasteiger partial charge in [0.15, 0.2) is 5.16 Å². The third kappa shape index (κ3) is 4.39. The largest absolute Gasteiger partial charge is 0.457 e. The molecule has 1 N–H and O–H groups in total. The lowest BCUT2D eigenvalue weighted by Crippen LogP contribution is -2.25. The van der Waals surface area contributed by atoms with Crippen molar-refractivity contribution in [2.75, 3.05) is 5.32 Å². The molecule has 0 aliphatic heterocycles. The Morgan fingerprint density at radius 2 is 1.80 bits per heavy atom. The summed E-state index contributed by atoms with van der Waals surface area (Å²) in [7, 11) is 1.67. The molecule has 0 saturated carbocycles. The van der Waals surface area contributed by atoms with Crippen LogP contribution < -0.4 is 15.6 Å². The van der Waals surface area contributed by atoms with Crippen LogP contribution in [0.4, 0.5) is 5.69 Å². The number of rotatable bonds is 6. The van der Waals surface area contributed by atoms with Crippen molar-refractivity contribution < 1.29 is 9.53 Å². The minimum Gasteiger partial charge on any atom is -0.457 e. The smallest absolute Gasteiger partial charge is 0.271 e. The van der Waals surface area contributed by atoms with Crippen LogP contribution in [0.2, 0.25) is 0 Å². The van der Waals surface area contributed by atoms with Gasteiger partial charge in [0, 0.05) is 12.7 Å². The Hall–Kier alpha value is -3.10. The molecule has 4 rings (SSSR count). The number of benzene rings is 2. The van der Waals surface area contributed by atoms with E-state index in [1.807, 2.05) is 41.8 Å². The number of aromatic nitrogens is 2. The summed E-state index contributed by atoms with van der Waals surface area (Å²) >= 11 is 2.63. The van der Waals surface area contributed by atoms with E-state index in [1.165, 1.54) is 27.7 Å². The highest BCUT2D eigenvalue weighted by atomic mass is 32.2. The molecule has 30 heavy (non-hydrogen) atoms. The number of para-hydroxylation sites is 1. The van der Waals surface area contributed by atoms with E-state index >= 15 is 0 Å². The molecule has 0 spiro atoms. The summed E-state index contributed by atoms with van der Waals surface area (Å²) in [5.74, 6) is 1.27.